The highest BCUT2D eigenvalue weighted by molar-refractivity contribution is 6.14. The van der Waals surface area contributed by atoms with Gasteiger partial charge in [0.25, 0.3) is 0 Å². The van der Waals surface area contributed by atoms with Gasteiger partial charge < -0.3 is 4.42 Å². The highest BCUT2D eigenvalue weighted by atomic mass is 16.3. The topological polar surface area (TPSA) is 56.7 Å². The first-order chi connectivity index (χ1) is 26.0. The standard InChI is InChI=1S/C48H32N4O/c1-48(2)38-22-11-9-18-33(38)35-26-27-40-42(43(35)48)37-19-10-12-23-39(37)52(40)47-50-45(30-16-7-4-8-17-30)49-46(51-47)31-24-25-34-36-21-13-20-32(29-14-5-3-6-15-29)44(36)53-41(34)28-31/h3-28H,1-2H3. The zero-order valence-corrected chi connectivity index (χ0v) is 29.2. The zero-order valence-electron chi connectivity index (χ0n) is 29.2. The van der Waals surface area contributed by atoms with Gasteiger partial charge in [0.1, 0.15) is 11.2 Å². The summed E-state index contributed by atoms with van der Waals surface area (Å²) in [5.74, 6) is 1.77. The van der Waals surface area contributed by atoms with Gasteiger partial charge in [-0.1, -0.05) is 147 Å². The lowest BCUT2D eigenvalue weighted by Crippen LogP contribution is -2.15. The third-order valence-electron chi connectivity index (χ3n) is 11.1. The van der Waals surface area contributed by atoms with Gasteiger partial charge in [0.2, 0.25) is 5.95 Å². The average Bonchev–Trinajstić information content (AvgIpc) is 3.83. The van der Waals surface area contributed by atoms with Gasteiger partial charge in [0, 0.05) is 43.7 Å². The number of rotatable bonds is 4. The predicted molar refractivity (Wildman–Crippen MR) is 215 cm³/mol. The summed E-state index contributed by atoms with van der Waals surface area (Å²) >= 11 is 0. The van der Waals surface area contributed by atoms with Crippen molar-refractivity contribution in [1.82, 2.24) is 19.5 Å². The zero-order chi connectivity index (χ0) is 35.3. The molecule has 53 heavy (non-hydrogen) atoms. The number of furan rings is 1. The molecule has 1 aliphatic carbocycles. The summed E-state index contributed by atoms with van der Waals surface area (Å²) in [7, 11) is 0. The lowest BCUT2D eigenvalue weighted by atomic mass is 9.80. The van der Waals surface area contributed by atoms with Crippen molar-refractivity contribution in [3.63, 3.8) is 0 Å². The molecule has 0 aliphatic heterocycles. The van der Waals surface area contributed by atoms with Crippen LogP contribution in [0.3, 0.4) is 0 Å². The molecule has 250 valence electrons. The van der Waals surface area contributed by atoms with Crippen LogP contribution in [0.5, 0.6) is 0 Å². The van der Waals surface area contributed by atoms with Crippen LogP contribution in [0.2, 0.25) is 0 Å². The third kappa shape index (κ3) is 4.34. The first-order valence-corrected chi connectivity index (χ1v) is 18.0. The van der Waals surface area contributed by atoms with E-state index in [4.69, 9.17) is 19.4 Å². The number of hydrogen-bond acceptors (Lipinski definition) is 4. The monoisotopic (exact) mass is 680 g/mol. The summed E-state index contributed by atoms with van der Waals surface area (Å²) in [5, 5.41) is 4.55. The Morgan fingerprint density at radius 2 is 1.17 bits per heavy atom. The number of nitrogens with zero attached hydrogens (tertiary/aromatic N) is 4. The summed E-state index contributed by atoms with van der Waals surface area (Å²) in [5.41, 5.74) is 12.9. The minimum atomic E-state index is -0.178. The molecule has 0 bridgehead atoms. The van der Waals surface area contributed by atoms with E-state index in [1.807, 2.05) is 24.3 Å². The molecule has 3 heterocycles. The maximum Gasteiger partial charge on any atom is 0.238 e. The van der Waals surface area contributed by atoms with Crippen LogP contribution in [0.25, 0.3) is 94.7 Å². The van der Waals surface area contributed by atoms with Gasteiger partial charge in [-0.05, 0) is 52.1 Å². The number of benzene rings is 7. The van der Waals surface area contributed by atoms with Gasteiger partial charge in [0.05, 0.1) is 11.0 Å². The molecule has 0 unspecified atom stereocenters. The minimum absolute atomic E-state index is 0.178. The van der Waals surface area contributed by atoms with Crippen LogP contribution in [0.1, 0.15) is 25.0 Å². The van der Waals surface area contributed by atoms with Crippen LogP contribution in [0, 0.1) is 0 Å². The molecular formula is C48H32N4O. The van der Waals surface area contributed by atoms with Gasteiger partial charge in [-0.2, -0.15) is 9.97 Å². The predicted octanol–water partition coefficient (Wildman–Crippen LogP) is 12.2. The molecule has 5 heteroatoms. The summed E-state index contributed by atoms with van der Waals surface area (Å²) < 4.78 is 8.86. The van der Waals surface area contributed by atoms with Crippen LogP contribution in [0.4, 0.5) is 0 Å². The molecule has 0 N–H and O–H groups in total. The van der Waals surface area contributed by atoms with E-state index in [-0.39, 0.29) is 5.41 Å². The molecule has 0 saturated carbocycles. The van der Waals surface area contributed by atoms with E-state index in [2.05, 4.69) is 152 Å². The van der Waals surface area contributed by atoms with E-state index in [9.17, 15) is 0 Å². The number of para-hydroxylation sites is 2. The molecule has 0 radical (unpaired) electrons. The van der Waals surface area contributed by atoms with E-state index in [1.54, 1.807) is 0 Å². The van der Waals surface area contributed by atoms with Crippen molar-refractivity contribution >= 4 is 43.7 Å². The third-order valence-corrected chi connectivity index (χ3v) is 11.1. The molecule has 7 aromatic carbocycles. The van der Waals surface area contributed by atoms with Crippen LogP contribution in [-0.4, -0.2) is 19.5 Å². The molecule has 0 amide bonds. The quantitative estimate of drug-likeness (QED) is 0.186. The van der Waals surface area contributed by atoms with Crippen molar-refractivity contribution in [3.8, 4) is 51.0 Å². The summed E-state index contributed by atoms with van der Waals surface area (Å²) in [4.78, 5) is 15.6. The van der Waals surface area contributed by atoms with Crippen molar-refractivity contribution in [2.45, 2.75) is 19.3 Å². The SMILES string of the molecule is CC1(C)c2ccccc2-c2ccc3c(c21)c1ccccc1n3-c1nc(-c2ccccc2)nc(-c2ccc3c(c2)oc2c(-c4ccccc4)cccc23)n1. The Bertz CT molecular complexity index is 3080. The minimum Gasteiger partial charge on any atom is -0.455 e. The van der Waals surface area contributed by atoms with E-state index in [1.165, 1.54) is 33.0 Å². The molecular weight excluding hydrogens is 649 g/mol. The summed E-state index contributed by atoms with van der Waals surface area (Å²) in [6.07, 6.45) is 0. The second kappa shape index (κ2) is 11.1. The van der Waals surface area contributed by atoms with Gasteiger partial charge >= 0.3 is 0 Å². The van der Waals surface area contributed by atoms with Gasteiger partial charge in [-0.15, -0.1) is 0 Å². The number of fused-ring (bicyclic) bond motifs is 10. The Morgan fingerprint density at radius 1 is 0.491 bits per heavy atom. The number of aromatic nitrogens is 4. The van der Waals surface area contributed by atoms with Crippen molar-refractivity contribution < 1.29 is 4.42 Å². The maximum atomic E-state index is 6.65. The van der Waals surface area contributed by atoms with E-state index < -0.39 is 0 Å². The van der Waals surface area contributed by atoms with Gasteiger partial charge in [0.15, 0.2) is 11.6 Å². The smallest absolute Gasteiger partial charge is 0.238 e. The molecule has 1 aliphatic rings. The van der Waals surface area contributed by atoms with Gasteiger partial charge in [-0.3, -0.25) is 4.57 Å². The normalized spacial score (nSPS) is 13.2. The Morgan fingerprint density at radius 3 is 2.00 bits per heavy atom. The van der Waals surface area contributed by atoms with E-state index in [0.717, 1.165) is 55.2 Å². The summed E-state index contributed by atoms with van der Waals surface area (Å²) in [6, 6.07) is 55.1. The fraction of sp³-hybridized carbons (Fsp3) is 0.0625. The van der Waals surface area contributed by atoms with Crippen molar-refractivity contribution in [1.29, 1.82) is 0 Å². The van der Waals surface area contributed by atoms with E-state index in [0.29, 0.717) is 17.6 Å². The molecule has 3 aromatic heterocycles. The fourth-order valence-electron chi connectivity index (χ4n) is 8.64. The van der Waals surface area contributed by atoms with Crippen molar-refractivity contribution in [2.24, 2.45) is 0 Å². The van der Waals surface area contributed by atoms with E-state index >= 15 is 0 Å². The first kappa shape index (κ1) is 29.8. The van der Waals surface area contributed by atoms with Gasteiger partial charge in [-0.25, -0.2) is 4.98 Å². The first-order valence-electron chi connectivity index (χ1n) is 18.0. The Hall–Kier alpha value is -6.85. The largest absolute Gasteiger partial charge is 0.455 e. The van der Waals surface area contributed by atoms with Crippen LogP contribution in [0.15, 0.2) is 162 Å². The highest BCUT2D eigenvalue weighted by Gasteiger charge is 2.38. The average molecular weight is 681 g/mol. The van der Waals surface area contributed by atoms with Crippen LogP contribution >= 0.6 is 0 Å². The fourth-order valence-corrected chi connectivity index (χ4v) is 8.64. The second-order valence-electron chi connectivity index (χ2n) is 14.4. The Labute approximate surface area is 305 Å². The molecule has 0 atom stereocenters. The Kier molecular flexibility index (Phi) is 6.23. The second-order valence-corrected chi connectivity index (χ2v) is 14.4. The molecule has 0 spiro atoms. The molecule has 0 saturated heterocycles. The van der Waals surface area contributed by atoms with Crippen molar-refractivity contribution in [3.05, 3.63) is 169 Å². The van der Waals surface area contributed by atoms with Crippen LogP contribution < -0.4 is 0 Å². The lowest BCUT2D eigenvalue weighted by Gasteiger charge is -2.22. The summed E-state index contributed by atoms with van der Waals surface area (Å²) in [6.45, 7) is 4.68. The van der Waals surface area contributed by atoms with Crippen molar-refractivity contribution in [2.75, 3.05) is 0 Å². The highest BCUT2D eigenvalue weighted by Crippen LogP contribution is 2.53. The Balaban J connectivity index is 1.15. The molecule has 0 fully saturated rings. The maximum absolute atomic E-state index is 6.65. The molecule has 10 aromatic rings. The molecule has 5 nitrogen and oxygen atoms in total. The lowest BCUT2D eigenvalue weighted by molar-refractivity contribution is 0.666. The number of hydrogen-bond donors (Lipinski definition) is 0. The molecule has 11 rings (SSSR count). The van der Waals surface area contributed by atoms with Crippen LogP contribution in [-0.2, 0) is 5.41 Å².